The summed E-state index contributed by atoms with van der Waals surface area (Å²) in [5.41, 5.74) is 2.36. The molecule has 6 heteroatoms. The lowest BCUT2D eigenvalue weighted by atomic mass is 10.0. The van der Waals surface area contributed by atoms with E-state index in [4.69, 9.17) is 9.15 Å². The maximum atomic E-state index is 14.8. The quantitative estimate of drug-likeness (QED) is 0.367. The van der Waals surface area contributed by atoms with Crippen molar-refractivity contribution in [3.05, 3.63) is 107 Å². The molecule has 0 bridgehead atoms. The van der Waals surface area contributed by atoms with Crippen LogP contribution in [0.5, 0.6) is 0 Å². The Morgan fingerprint density at radius 3 is 2.00 bits per heavy atom. The van der Waals surface area contributed by atoms with Gasteiger partial charge < -0.3 is 9.15 Å². The molecular formula is C26H22FNO4. The number of alkyl halides is 1. The van der Waals surface area contributed by atoms with E-state index in [0.29, 0.717) is 16.8 Å². The molecule has 0 N–H and O–H groups in total. The second kappa shape index (κ2) is 9.47. The van der Waals surface area contributed by atoms with Crippen molar-refractivity contribution in [2.45, 2.75) is 25.7 Å². The largest absolute Gasteiger partial charge is 0.459 e. The van der Waals surface area contributed by atoms with Crippen LogP contribution in [0.1, 0.15) is 18.5 Å². The monoisotopic (exact) mass is 431 g/mol. The van der Waals surface area contributed by atoms with Crippen LogP contribution in [-0.4, -0.2) is 16.7 Å². The number of aromatic nitrogens is 1. The van der Waals surface area contributed by atoms with Gasteiger partial charge in [-0.05, 0) is 12.5 Å². The molecule has 0 fully saturated rings. The highest BCUT2D eigenvalue weighted by atomic mass is 19.1. The maximum absolute atomic E-state index is 14.8. The molecule has 0 aliphatic heterocycles. The number of ether oxygens (including phenoxy) is 1. The number of carbonyl (C=O) groups excluding carboxylic acids is 1. The molecule has 32 heavy (non-hydrogen) atoms. The van der Waals surface area contributed by atoms with E-state index in [1.807, 2.05) is 42.5 Å². The van der Waals surface area contributed by atoms with E-state index >= 15 is 0 Å². The summed E-state index contributed by atoms with van der Waals surface area (Å²) < 4.78 is 26.8. The van der Waals surface area contributed by atoms with Gasteiger partial charge in [0.1, 0.15) is 12.8 Å². The molecule has 5 nitrogen and oxygen atoms in total. The van der Waals surface area contributed by atoms with E-state index in [1.54, 1.807) is 48.5 Å². The van der Waals surface area contributed by atoms with Crippen molar-refractivity contribution in [2.75, 3.05) is 0 Å². The third kappa shape index (κ3) is 4.39. The first kappa shape index (κ1) is 21.3. The maximum Gasteiger partial charge on any atom is 0.420 e. The first-order chi connectivity index (χ1) is 15.6. The minimum Gasteiger partial charge on any atom is -0.459 e. The highest BCUT2D eigenvalue weighted by Gasteiger charge is 2.35. The SMILES string of the molecule is CC(F)C(C(=O)OCc1ccccc1)n1c(-c2ccccc2)c(-c2ccccc2)oc1=O. The van der Waals surface area contributed by atoms with Gasteiger partial charge in [0.05, 0.1) is 5.69 Å². The van der Waals surface area contributed by atoms with Crippen LogP contribution in [0.2, 0.25) is 0 Å². The van der Waals surface area contributed by atoms with Gasteiger partial charge in [-0.3, -0.25) is 4.57 Å². The second-order valence-corrected chi connectivity index (χ2v) is 7.36. The van der Waals surface area contributed by atoms with Crippen molar-refractivity contribution in [2.24, 2.45) is 0 Å². The Morgan fingerprint density at radius 1 is 0.906 bits per heavy atom. The zero-order valence-electron chi connectivity index (χ0n) is 17.5. The Labute approximate surface area is 184 Å². The lowest BCUT2D eigenvalue weighted by Gasteiger charge is -2.20. The van der Waals surface area contributed by atoms with Crippen molar-refractivity contribution in [3.8, 4) is 22.6 Å². The standard InChI is InChI=1S/C26H22FNO4/c1-18(27)22(25(29)31-17-19-11-5-2-6-12-19)28-23(20-13-7-3-8-14-20)24(32-26(28)30)21-15-9-4-10-16-21/h2-16,18,22H,17H2,1H3. The molecule has 0 spiro atoms. The fraction of sp³-hybridized carbons (Fsp3) is 0.154. The minimum absolute atomic E-state index is 0.0261. The van der Waals surface area contributed by atoms with Crippen LogP contribution in [-0.2, 0) is 16.1 Å². The lowest BCUT2D eigenvalue weighted by Crippen LogP contribution is -2.34. The van der Waals surface area contributed by atoms with E-state index < -0.39 is 23.9 Å². The van der Waals surface area contributed by atoms with Gasteiger partial charge in [0, 0.05) is 11.1 Å². The molecule has 3 aromatic carbocycles. The van der Waals surface area contributed by atoms with Gasteiger partial charge in [-0.1, -0.05) is 91.0 Å². The summed E-state index contributed by atoms with van der Waals surface area (Å²) in [5, 5.41) is 0. The van der Waals surface area contributed by atoms with Crippen molar-refractivity contribution < 1.29 is 18.3 Å². The summed E-state index contributed by atoms with van der Waals surface area (Å²) in [4.78, 5) is 25.9. The first-order valence-corrected chi connectivity index (χ1v) is 10.3. The fourth-order valence-corrected chi connectivity index (χ4v) is 3.60. The molecule has 0 amide bonds. The average Bonchev–Trinajstić information content (AvgIpc) is 3.16. The smallest absolute Gasteiger partial charge is 0.420 e. The molecule has 4 aromatic rings. The molecule has 1 aromatic heterocycles. The Balaban J connectivity index is 1.80. The predicted octanol–water partition coefficient (Wildman–Crippen LogP) is 5.42. The van der Waals surface area contributed by atoms with Gasteiger partial charge in [0.15, 0.2) is 11.8 Å². The molecule has 2 atom stereocenters. The number of oxazole rings is 1. The average molecular weight is 431 g/mol. The number of hydrogen-bond donors (Lipinski definition) is 0. The van der Waals surface area contributed by atoms with Gasteiger partial charge in [0.25, 0.3) is 0 Å². The lowest BCUT2D eigenvalue weighted by molar-refractivity contribution is -0.151. The minimum atomic E-state index is -1.69. The normalized spacial score (nSPS) is 12.8. The van der Waals surface area contributed by atoms with Crippen LogP contribution < -0.4 is 5.76 Å². The topological polar surface area (TPSA) is 61.4 Å². The van der Waals surface area contributed by atoms with Crippen molar-refractivity contribution >= 4 is 5.97 Å². The Kier molecular flexibility index (Phi) is 6.31. The molecule has 2 unspecified atom stereocenters. The third-order valence-electron chi connectivity index (χ3n) is 5.10. The number of rotatable bonds is 7. The summed E-state index contributed by atoms with van der Waals surface area (Å²) >= 11 is 0. The molecule has 0 aliphatic rings. The Bertz CT molecular complexity index is 1230. The van der Waals surface area contributed by atoms with Crippen molar-refractivity contribution in [1.29, 1.82) is 0 Å². The first-order valence-electron chi connectivity index (χ1n) is 10.3. The van der Waals surface area contributed by atoms with E-state index in [0.717, 1.165) is 10.1 Å². The number of carbonyl (C=O) groups is 1. The highest BCUT2D eigenvalue weighted by molar-refractivity contribution is 5.81. The van der Waals surface area contributed by atoms with Gasteiger partial charge in [-0.25, -0.2) is 14.0 Å². The van der Waals surface area contributed by atoms with Crippen LogP contribution in [0, 0.1) is 0 Å². The van der Waals surface area contributed by atoms with Crippen LogP contribution in [0.3, 0.4) is 0 Å². The summed E-state index contributed by atoms with van der Waals surface area (Å²) in [7, 11) is 0. The van der Waals surface area contributed by atoms with Gasteiger partial charge in [0.2, 0.25) is 0 Å². The molecule has 1 heterocycles. The summed E-state index contributed by atoms with van der Waals surface area (Å²) in [5.74, 6) is -1.40. The van der Waals surface area contributed by atoms with Gasteiger partial charge >= 0.3 is 11.7 Å². The number of nitrogens with zero attached hydrogens (tertiary/aromatic N) is 1. The van der Waals surface area contributed by atoms with Crippen molar-refractivity contribution in [3.63, 3.8) is 0 Å². The zero-order chi connectivity index (χ0) is 22.5. The molecule has 162 valence electrons. The molecular weight excluding hydrogens is 409 g/mol. The van der Waals surface area contributed by atoms with E-state index in [1.165, 1.54) is 6.92 Å². The van der Waals surface area contributed by atoms with Crippen LogP contribution in [0.25, 0.3) is 22.6 Å². The van der Waals surface area contributed by atoms with Crippen LogP contribution in [0.4, 0.5) is 4.39 Å². The zero-order valence-corrected chi connectivity index (χ0v) is 17.5. The molecule has 0 saturated carbocycles. The number of esters is 1. The van der Waals surface area contributed by atoms with E-state index in [-0.39, 0.29) is 12.4 Å². The fourth-order valence-electron chi connectivity index (χ4n) is 3.60. The number of benzene rings is 3. The van der Waals surface area contributed by atoms with E-state index in [2.05, 4.69) is 0 Å². The molecule has 4 rings (SSSR count). The third-order valence-corrected chi connectivity index (χ3v) is 5.10. The number of halogens is 1. The van der Waals surface area contributed by atoms with Crippen LogP contribution in [0.15, 0.2) is 100 Å². The molecule has 0 saturated heterocycles. The van der Waals surface area contributed by atoms with Gasteiger partial charge in [-0.2, -0.15) is 0 Å². The Morgan fingerprint density at radius 2 is 1.44 bits per heavy atom. The summed E-state index contributed by atoms with van der Waals surface area (Å²) in [6.07, 6.45) is -1.69. The highest BCUT2D eigenvalue weighted by Crippen LogP contribution is 2.34. The van der Waals surface area contributed by atoms with Crippen LogP contribution >= 0.6 is 0 Å². The van der Waals surface area contributed by atoms with Crippen molar-refractivity contribution in [1.82, 2.24) is 4.57 Å². The molecule has 0 radical (unpaired) electrons. The Hall–Kier alpha value is -3.93. The molecule has 0 aliphatic carbocycles. The summed E-state index contributed by atoms with van der Waals surface area (Å²) in [6, 6.07) is 25.6. The second-order valence-electron chi connectivity index (χ2n) is 7.36. The number of hydrogen-bond acceptors (Lipinski definition) is 4. The van der Waals surface area contributed by atoms with E-state index in [9.17, 15) is 14.0 Å². The summed E-state index contributed by atoms with van der Waals surface area (Å²) in [6.45, 7) is 1.20. The predicted molar refractivity (Wildman–Crippen MR) is 120 cm³/mol. The van der Waals surface area contributed by atoms with Gasteiger partial charge in [-0.15, -0.1) is 0 Å².